The highest BCUT2D eigenvalue weighted by molar-refractivity contribution is 5.37. The molecule has 0 amide bonds. The van der Waals surface area contributed by atoms with Gasteiger partial charge in [-0.15, -0.1) is 0 Å². The van der Waals surface area contributed by atoms with Crippen molar-refractivity contribution in [1.82, 2.24) is 36.6 Å². The van der Waals surface area contributed by atoms with E-state index in [1.165, 1.54) is 107 Å². The van der Waals surface area contributed by atoms with Gasteiger partial charge in [-0.2, -0.15) is 0 Å². The van der Waals surface area contributed by atoms with E-state index in [0.29, 0.717) is 31.4 Å². The van der Waals surface area contributed by atoms with Gasteiger partial charge in [-0.25, -0.2) is 18.7 Å². The van der Waals surface area contributed by atoms with Crippen molar-refractivity contribution in [1.29, 1.82) is 0 Å². The lowest BCUT2D eigenvalue weighted by molar-refractivity contribution is 0.117. The number of aromatic nitrogens is 2. The summed E-state index contributed by atoms with van der Waals surface area (Å²) in [6, 6.07) is 31.7. The van der Waals surface area contributed by atoms with Gasteiger partial charge in [-0.3, -0.25) is 0 Å². The number of para-hydroxylation sites is 1. The maximum Gasteiger partial charge on any atom is 0.123 e. The number of nitrogens with two attached hydrogens (primary N) is 6. The maximum absolute atomic E-state index is 12.2. The predicted octanol–water partition coefficient (Wildman–Crippen LogP) is 4.55. The predicted molar refractivity (Wildman–Crippen MR) is 299 cm³/mol. The molecule has 0 bridgehead atoms. The summed E-state index contributed by atoms with van der Waals surface area (Å²) in [6.07, 6.45) is 14.5. The number of nitrogens with one attached hydrogen (secondary N) is 5. The molecule has 6 heterocycles. The zero-order chi connectivity index (χ0) is 54.0. The zero-order valence-electron chi connectivity index (χ0n) is 43.7. The van der Waals surface area contributed by atoms with Crippen molar-refractivity contribution in [3.8, 4) is 0 Å². The third-order valence-corrected chi connectivity index (χ3v) is 10.0. The minimum atomic E-state index is -0.251. The van der Waals surface area contributed by atoms with Crippen molar-refractivity contribution in [2.24, 2.45) is 22.9 Å². The van der Waals surface area contributed by atoms with Crippen LogP contribution in [0.3, 0.4) is 0 Å². The summed E-state index contributed by atoms with van der Waals surface area (Å²) in [7, 11) is 0. The molecule has 4 aromatic carbocycles. The van der Waals surface area contributed by atoms with Gasteiger partial charge in [-0.05, 0) is 156 Å². The van der Waals surface area contributed by atoms with Gasteiger partial charge in [0.2, 0.25) is 0 Å². The van der Waals surface area contributed by atoms with Crippen LogP contribution in [0.5, 0.6) is 0 Å². The Bertz CT molecular complexity index is 1780. The van der Waals surface area contributed by atoms with E-state index >= 15 is 0 Å². The van der Waals surface area contributed by atoms with Crippen LogP contribution in [0.4, 0.5) is 20.2 Å². The van der Waals surface area contributed by atoms with Crippen molar-refractivity contribution < 1.29 is 24.1 Å². The molecular formula is C55H93F2N13O3. The Balaban J connectivity index is 0.000000786. The molecule has 20 N–H and O–H groups in total. The van der Waals surface area contributed by atoms with E-state index in [0.717, 1.165) is 75.3 Å². The van der Waals surface area contributed by atoms with Gasteiger partial charge < -0.3 is 76.3 Å². The number of halogens is 2. The van der Waals surface area contributed by atoms with Crippen molar-refractivity contribution in [2.45, 2.75) is 109 Å². The van der Waals surface area contributed by atoms with Gasteiger partial charge in [0.15, 0.2) is 0 Å². The van der Waals surface area contributed by atoms with E-state index in [9.17, 15) is 8.78 Å². The first kappa shape index (κ1) is 67.9. The van der Waals surface area contributed by atoms with Crippen molar-refractivity contribution in [2.75, 3.05) is 76.9 Å². The molecule has 5 aliphatic rings. The summed E-state index contributed by atoms with van der Waals surface area (Å²) in [5, 5.41) is 41.5. The Morgan fingerprint density at radius 1 is 0.466 bits per heavy atom. The highest BCUT2D eigenvalue weighted by Crippen LogP contribution is 2.03. The number of anilines is 2. The van der Waals surface area contributed by atoms with E-state index in [-0.39, 0.29) is 29.9 Å². The van der Waals surface area contributed by atoms with Gasteiger partial charge in [0.1, 0.15) is 18.0 Å². The summed E-state index contributed by atoms with van der Waals surface area (Å²) in [5.74, 6) is -0.466. The number of nitrogen functional groups attached to an aromatic ring is 2. The Labute approximate surface area is 435 Å². The normalized spacial score (nSPS) is 16.1. The number of aliphatic hydroxyl groups is 3. The summed E-state index contributed by atoms with van der Waals surface area (Å²) in [6.45, 7) is 15.9. The van der Waals surface area contributed by atoms with E-state index in [2.05, 4.69) is 36.6 Å². The van der Waals surface area contributed by atoms with E-state index in [4.69, 9.17) is 49.7 Å². The van der Waals surface area contributed by atoms with Gasteiger partial charge >= 0.3 is 0 Å². The van der Waals surface area contributed by atoms with Crippen molar-refractivity contribution in [3.63, 3.8) is 0 Å². The number of benzene rings is 4. The monoisotopic (exact) mass is 1020 g/mol. The minimum Gasteiger partial charge on any atom is -0.399 e. The number of piperidine rings is 2. The van der Waals surface area contributed by atoms with Crippen LogP contribution in [0.1, 0.15) is 81.9 Å². The van der Waals surface area contributed by atoms with Crippen LogP contribution >= 0.6 is 0 Å². The molecule has 5 aliphatic heterocycles. The summed E-state index contributed by atoms with van der Waals surface area (Å²) >= 11 is 0. The molecule has 1 atom stereocenters. The maximum atomic E-state index is 12.2. The molecule has 0 saturated carbocycles. The molecule has 5 saturated heterocycles. The lowest BCUT2D eigenvalue weighted by Gasteiger charge is -2.20. The van der Waals surface area contributed by atoms with Crippen LogP contribution in [-0.2, 0) is 19.6 Å². The fourth-order valence-electron chi connectivity index (χ4n) is 5.73. The van der Waals surface area contributed by atoms with Crippen LogP contribution in [0.2, 0.25) is 0 Å². The van der Waals surface area contributed by atoms with Crippen LogP contribution in [0.25, 0.3) is 0 Å². The number of hydrogen-bond donors (Lipinski definition) is 14. The lowest BCUT2D eigenvalue weighted by Crippen LogP contribution is -2.46. The largest absolute Gasteiger partial charge is 0.399 e. The third kappa shape index (κ3) is 47.7. The summed E-state index contributed by atoms with van der Waals surface area (Å²) in [5.41, 5.74) is 36.1. The van der Waals surface area contributed by atoms with Crippen LogP contribution < -0.4 is 61.0 Å². The Kier molecular flexibility index (Phi) is 45.8. The molecule has 5 fully saturated rings. The lowest BCUT2D eigenvalue weighted by atomic mass is 10.1. The average Bonchev–Trinajstić information content (AvgIpc) is 4.18. The summed E-state index contributed by atoms with van der Waals surface area (Å²) < 4.78 is 24.2. The number of aliphatic hydroxyl groups excluding tert-OH is 3. The molecule has 410 valence electrons. The zero-order valence-corrected chi connectivity index (χ0v) is 43.7. The molecule has 5 aromatic rings. The van der Waals surface area contributed by atoms with Gasteiger partial charge in [0, 0.05) is 68.6 Å². The second kappa shape index (κ2) is 49.2. The fourth-order valence-corrected chi connectivity index (χ4v) is 5.73. The molecule has 16 nitrogen and oxygen atoms in total. The molecule has 10 rings (SSSR count). The van der Waals surface area contributed by atoms with E-state index in [1.807, 2.05) is 74.5 Å². The third-order valence-electron chi connectivity index (χ3n) is 10.0. The average molecular weight is 1020 g/mol. The number of hydrogen-bond acceptors (Lipinski definition) is 16. The van der Waals surface area contributed by atoms with Crippen LogP contribution in [0.15, 0.2) is 128 Å². The Morgan fingerprint density at radius 3 is 1.07 bits per heavy atom. The quantitative estimate of drug-likeness (QED) is 0.110. The molecule has 0 aliphatic carbocycles. The molecule has 0 radical (unpaired) electrons. The first-order chi connectivity index (χ1) is 35.3. The van der Waals surface area contributed by atoms with Crippen LogP contribution in [0, 0.1) is 11.6 Å². The second-order valence-corrected chi connectivity index (χ2v) is 17.4. The number of rotatable bonds is 3. The molecule has 0 spiro atoms. The molecule has 18 heteroatoms. The highest BCUT2D eigenvalue weighted by atomic mass is 19.1. The van der Waals surface area contributed by atoms with E-state index in [1.54, 1.807) is 24.5 Å². The first-order valence-corrected chi connectivity index (χ1v) is 25.6. The summed E-state index contributed by atoms with van der Waals surface area (Å²) in [4.78, 5) is 7.53. The van der Waals surface area contributed by atoms with Crippen LogP contribution in [-0.4, -0.2) is 115 Å². The van der Waals surface area contributed by atoms with Crippen molar-refractivity contribution >= 4 is 11.4 Å². The number of nitrogens with zero attached hydrogens (tertiary/aromatic N) is 2. The van der Waals surface area contributed by atoms with E-state index < -0.39 is 0 Å². The SMILES string of the molecule is C1CCNC1.C1CCNCC1.CC(C)N.NCc1ccc(F)cc1.NCc1ccccc1.NCc1cncnc1.Nc1ccc(F)cc1.Nc1ccccc1.OC1CCNC1.OC1CCNCC1.OC1CNC1. The molecule has 1 unspecified atom stereocenters. The molecule has 73 heavy (non-hydrogen) atoms. The fraction of sp³-hybridized carbons (Fsp3) is 0.491. The highest BCUT2D eigenvalue weighted by Gasteiger charge is 2.10. The smallest absolute Gasteiger partial charge is 0.123 e. The number of β-amino-alcohol motifs (C(OH)–C–C–N with tert-alkyl or cyclic N) is 2. The molecule has 1 aromatic heterocycles. The Hall–Kier alpha value is -5.06. The minimum absolute atomic E-state index is 0.0266. The van der Waals surface area contributed by atoms with Gasteiger partial charge in [0.25, 0.3) is 0 Å². The second-order valence-electron chi connectivity index (χ2n) is 17.4. The van der Waals surface area contributed by atoms with Gasteiger partial charge in [-0.1, -0.05) is 80.9 Å². The topological polar surface area (TPSA) is 303 Å². The first-order valence-electron chi connectivity index (χ1n) is 25.6. The molecular weight excluding hydrogens is 929 g/mol. The van der Waals surface area contributed by atoms with Gasteiger partial charge in [0.05, 0.1) is 18.3 Å². The Morgan fingerprint density at radius 2 is 0.822 bits per heavy atom. The standard InChI is InChI=1S/C7H8FN.C7H9N.C6H6FN.C6H7N.C5H7N3.C5H11NO.C5H11N.C4H9NO.C4H9N.C3H7NO.C3H9N/c8-7-3-1-6(5-9)2-4-7;8-6-7-4-2-1-3-5-7;7-5-1-3-6(8)4-2-5;7-6-4-2-1-3-5-6;6-1-5-2-7-4-8-3-5;7-5-1-3-6-4-2-5;1-2-4-6-5-3-1;6-4-1-2-5-3-4;1-2-4-5-3-1;5-3-1-4-2-3;1-3(2)4/h1-4H,5,9H2;1-5H,6,8H2;1-4H,8H2;1-5H,7H2;2-4H,1,6H2;5-7H,1-4H2;6H,1-5H2;4-6H,1-3H2;5H,1-4H2;3-5H,1-2H2;3H,4H2,1-2H3. The van der Waals surface area contributed by atoms with Crippen molar-refractivity contribution in [3.05, 3.63) is 156 Å².